The molecule has 0 radical (unpaired) electrons. The molecule has 1 aromatic carbocycles. The van der Waals surface area contributed by atoms with E-state index < -0.39 is 0 Å². The number of piperidine rings is 1. The quantitative estimate of drug-likeness (QED) is 0.354. The van der Waals surface area contributed by atoms with Crippen LogP contribution in [-0.4, -0.2) is 74.4 Å². The molecule has 0 bridgehead atoms. The number of aromatic amines is 1. The van der Waals surface area contributed by atoms with Gasteiger partial charge in [0.25, 0.3) is 0 Å². The molecule has 5 rings (SSSR count). The highest BCUT2D eigenvalue weighted by Gasteiger charge is 2.25. The first-order valence-corrected chi connectivity index (χ1v) is 13.0. The van der Waals surface area contributed by atoms with Gasteiger partial charge in [0, 0.05) is 48.2 Å². The monoisotopic (exact) mass is 541 g/mol. The Labute approximate surface area is 225 Å². The van der Waals surface area contributed by atoms with E-state index in [2.05, 4.69) is 20.3 Å². The molecule has 1 atom stereocenters. The molecule has 1 saturated heterocycles. The van der Waals surface area contributed by atoms with Crippen LogP contribution in [0.25, 0.3) is 22.2 Å². The number of nitrogens with zero attached hydrogens (tertiary/aromatic N) is 6. The molecule has 194 valence electrons. The lowest BCUT2D eigenvalue weighted by molar-refractivity contribution is -0.133. The molecule has 1 amide bonds. The standard InChI is InChI=1S/C26H29Cl2N7O2/c1-16(25-21(27)12-29-13-22(25)28)37-19-4-5-23-20(10-19)26(32-31-23)17-11-30-35(14-17)18-6-8-34(9-7-18)24(36)15-33(2)3/h4-5,10-14,16,18H,6-9,15H2,1-3H3,(H,31,32). The summed E-state index contributed by atoms with van der Waals surface area (Å²) in [5, 5.41) is 14.1. The summed E-state index contributed by atoms with van der Waals surface area (Å²) in [7, 11) is 3.83. The minimum atomic E-state index is -0.367. The van der Waals surface area contributed by atoms with Gasteiger partial charge in [-0.2, -0.15) is 10.2 Å². The molecule has 1 fully saturated rings. The second kappa shape index (κ2) is 10.7. The highest BCUT2D eigenvalue weighted by Crippen LogP contribution is 2.35. The normalized spacial score (nSPS) is 15.5. The average Bonchev–Trinajstić information content (AvgIpc) is 3.50. The Bertz CT molecular complexity index is 1390. The number of hydrogen-bond donors (Lipinski definition) is 1. The Morgan fingerprint density at radius 3 is 2.62 bits per heavy atom. The summed E-state index contributed by atoms with van der Waals surface area (Å²) in [6, 6.07) is 6.03. The maximum absolute atomic E-state index is 12.4. The number of hydrogen-bond acceptors (Lipinski definition) is 6. The summed E-state index contributed by atoms with van der Waals surface area (Å²) in [6.07, 6.45) is 8.37. The van der Waals surface area contributed by atoms with Crippen LogP contribution in [-0.2, 0) is 4.79 Å². The van der Waals surface area contributed by atoms with E-state index >= 15 is 0 Å². The number of rotatable bonds is 7. The van der Waals surface area contributed by atoms with Crippen molar-refractivity contribution in [1.82, 2.24) is 34.8 Å². The fourth-order valence-corrected chi connectivity index (χ4v) is 5.44. The first kappa shape index (κ1) is 25.5. The predicted octanol–water partition coefficient (Wildman–Crippen LogP) is 4.99. The average molecular weight is 542 g/mol. The van der Waals surface area contributed by atoms with Gasteiger partial charge in [0.2, 0.25) is 5.91 Å². The molecule has 1 aliphatic rings. The first-order valence-electron chi connectivity index (χ1n) is 12.2. The molecule has 1 N–H and O–H groups in total. The molecule has 11 heteroatoms. The number of carbonyl (C=O) groups excluding carboxylic acids is 1. The van der Waals surface area contributed by atoms with Crippen LogP contribution in [0.2, 0.25) is 10.0 Å². The summed E-state index contributed by atoms with van der Waals surface area (Å²) in [5.74, 6) is 0.849. The van der Waals surface area contributed by atoms with Crippen molar-refractivity contribution in [2.24, 2.45) is 0 Å². The van der Waals surface area contributed by atoms with Crippen molar-refractivity contribution in [2.45, 2.75) is 31.9 Å². The largest absolute Gasteiger partial charge is 0.486 e. The van der Waals surface area contributed by atoms with E-state index in [-0.39, 0.29) is 18.1 Å². The summed E-state index contributed by atoms with van der Waals surface area (Å²) in [6.45, 7) is 3.82. The Morgan fingerprint density at radius 1 is 1.19 bits per heavy atom. The highest BCUT2D eigenvalue weighted by atomic mass is 35.5. The van der Waals surface area contributed by atoms with Gasteiger partial charge < -0.3 is 14.5 Å². The van der Waals surface area contributed by atoms with E-state index in [1.54, 1.807) is 12.4 Å². The minimum Gasteiger partial charge on any atom is -0.486 e. The van der Waals surface area contributed by atoms with Crippen molar-refractivity contribution >= 4 is 40.0 Å². The fraction of sp³-hybridized carbons (Fsp3) is 0.385. The van der Waals surface area contributed by atoms with Gasteiger partial charge in [0.05, 0.1) is 34.3 Å². The molecule has 1 aliphatic heterocycles. The Balaban J connectivity index is 1.31. The zero-order chi connectivity index (χ0) is 26.1. The van der Waals surface area contributed by atoms with Crippen LogP contribution in [0.3, 0.4) is 0 Å². The van der Waals surface area contributed by atoms with Crippen LogP contribution < -0.4 is 4.74 Å². The van der Waals surface area contributed by atoms with Gasteiger partial charge in [-0.3, -0.25) is 19.6 Å². The lowest BCUT2D eigenvalue weighted by Crippen LogP contribution is -2.43. The summed E-state index contributed by atoms with van der Waals surface area (Å²) in [5.41, 5.74) is 3.32. The number of ether oxygens (including phenoxy) is 1. The smallest absolute Gasteiger partial charge is 0.236 e. The second-order valence-electron chi connectivity index (χ2n) is 9.62. The van der Waals surface area contributed by atoms with Crippen molar-refractivity contribution in [3.63, 3.8) is 0 Å². The molecule has 4 heterocycles. The van der Waals surface area contributed by atoms with Gasteiger partial charge in [-0.15, -0.1) is 0 Å². The van der Waals surface area contributed by atoms with Crippen LogP contribution in [0, 0.1) is 0 Å². The number of nitrogens with one attached hydrogen (secondary N) is 1. The topological polar surface area (TPSA) is 92.2 Å². The third-order valence-electron chi connectivity index (χ3n) is 6.66. The number of H-pyrrole nitrogens is 1. The number of benzene rings is 1. The molecule has 3 aromatic heterocycles. The zero-order valence-electron chi connectivity index (χ0n) is 21.0. The number of aromatic nitrogens is 5. The number of fused-ring (bicyclic) bond motifs is 1. The first-order chi connectivity index (χ1) is 17.8. The Kier molecular flexibility index (Phi) is 7.37. The van der Waals surface area contributed by atoms with Gasteiger partial charge in [-0.25, -0.2) is 0 Å². The molecule has 0 spiro atoms. The van der Waals surface area contributed by atoms with E-state index in [4.69, 9.17) is 27.9 Å². The Hall–Kier alpha value is -3.14. The van der Waals surface area contributed by atoms with Crippen molar-refractivity contribution in [1.29, 1.82) is 0 Å². The fourth-order valence-electron chi connectivity index (χ4n) is 4.77. The lowest BCUT2D eigenvalue weighted by Gasteiger charge is -2.32. The van der Waals surface area contributed by atoms with Crippen molar-refractivity contribution in [3.05, 3.63) is 58.6 Å². The number of likely N-dealkylation sites (N-methyl/N-ethyl adjacent to an activating group) is 1. The van der Waals surface area contributed by atoms with Crippen molar-refractivity contribution in [2.75, 3.05) is 33.7 Å². The SMILES string of the molecule is CC(Oc1ccc2[nH]nc(-c3cnn(C4CCN(C(=O)CN(C)C)CC4)c3)c2c1)c1c(Cl)cncc1Cl. The van der Waals surface area contributed by atoms with Gasteiger partial charge in [-0.1, -0.05) is 23.2 Å². The maximum atomic E-state index is 12.4. The van der Waals surface area contributed by atoms with Gasteiger partial charge in [0.1, 0.15) is 17.5 Å². The van der Waals surface area contributed by atoms with Crippen LogP contribution in [0.4, 0.5) is 0 Å². The molecule has 9 nitrogen and oxygen atoms in total. The predicted molar refractivity (Wildman–Crippen MR) is 144 cm³/mol. The van der Waals surface area contributed by atoms with Crippen LogP contribution in [0.5, 0.6) is 5.75 Å². The summed E-state index contributed by atoms with van der Waals surface area (Å²) in [4.78, 5) is 20.2. The molecule has 0 aliphatic carbocycles. The maximum Gasteiger partial charge on any atom is 0.236 e. The lowest BCUT2D eigenvalue weighted by atomic mass is 10.1. The molecule has 1 unspecified atom stereocenters. The van der Waals surface area contributed by atoms with Crippen LogP contribution in [0.1, 0.15) is 37.5 Å². The molecular weight excluding hydrogens is 513 g/mol. The molecule has 37 heavy (non-hydrogen) atoms. The van der Waals surface area contributed by atoms with E-state index in [1.165, 1.54) is 0 Å². The number of carbonyl (C=O) groups is 1. The van der Waals surface area contributed by atoms with Crippen LogP contribution in [0.15, 0.2) is 43.0 Å². The molecular formula is C26H29Cl2N7O2. The number of likely N-dealkylation sites (tertiary alicyclic amines) is 1. The zero-order valence-corrected chi connectivity index (χ0v) is 22.5. The van der Waals surface area contributed by atoms with E-state index in [9.17, 15) is 4.79 Å². The minimum absolute atomic E-state index is 0.174. The highest BCUT2D eigenvalue weighted by molar-refractivity contribution is 6.35. The van der Waals surface area contributed by atoms with E-state index in [0.717, 1.165) is 48.1 Å². The van der Waals surface area contributed by atoms with Gasteiger partial charge >= 0.3 is 0 Å². The van der Waals surface area contributed by atoms with Crippen molar-refractivity contribution in [3.8, 4) is 17.0 Å². The number of halogens is 2. The second-order valence-corrected chi connectivity index (χ2v) is 10.4. The van der Waals surface area contributed by atoms with Gasteiger partial charge in [-0.05, 0) is 52.1 Å². The molecule has 0 saturated carbocycles. The number of pyridine rings is 1. The number of amides is 1. The summed E-state index contributed by atoms with van der Waals surface area (Å²) < 4.78 is 8.19. The van der Waals surface area contributed by atoms with Crippen LogP contribution >= 0.6 is 23.2 Å². The van der Waals surface area contributed by atoms with E-state index in [0.29, 0.717) is 27.9 Å². The third-order valence-corrected chi connectivity index (χ3v) is 7.26. The van der Waals surface area contributed by atoms with Gasteiger partial charge in [0.15, 0.2) is 0 Å². The third kappa shape index (κ3) is 5.44. The van der Waals surface area contributed by atoms with Crippen molar-refractivity contribution < 1.29 is 9.53 Å². The molecule has 4 aromatic rings. The Morgan fingerprint density at radius 2 is 1.92 bits per heavy atom. The van der Waals surface area contributed by atoms with E-state index in [1.807, 2.05) is 66.1 Å². The summed E-state index contributed by atoms with van der Waals surface area (Å²) >= 11 is 12.6.